The molecule has 3 N–H and O–H groups in total. The largest absolute Gasteiger partial charge is 0.349 e. The van der Waals surface area contributed by atoms with Gasteiger partial charge in [0.15, 0.2) is 0 Å². The van der Waals surface area contributed by atoms with Crippen molar-refractivity contribution < 1.29 is 9.59 Å². The SMILES string of the molecule is C=CCNC(=O)c1ccc(NC(=O)NCCc2ccc(-n3cccn3)cc2)cc1. The number of amides is 3. The van der Waals surface area contributed by atoms with Gasteiger partial charge in [0.1, 0.15) is 0 Å². The third-order valence-electron chi connectivity index (χ3n) is 4.22. The molecule has 7 heteroatoms. The van der Waals surface area contributed by atoms with E-state index >= 15 is 0 Å². The predicted octanol–water partition coefficient (Wildman–Crippen LogP) is 3.15. The predicted molar refractivity (Wildman–Crippen MR) is 113 cm³/mol. The van der Waals surface area contributed by atoms with Crippen LogP contribution in [0.2, 0.25) is 0 Å². The Hall–Kier alpha value is -3.87. The lowest BCUT2D eigenvalue weighted by Crippen LogP contribution is -2.30. The van der Waals surface area contributed by atoms with Gasteiger partial charge in [-0.1, -0.05) is 18.2 Å². The van der Waals surface area contributed by atoms with Crippen molar-refractivity contribution in [3.05, 3.63) is 90.8 Å². The Labute approximate surface area is 169 Å². The van der Waals surface area contributed by atoms with Gasteiger partial charge >= 0.3 is 6.03 Å². The molecule has 0 unspecified atom stereocenters. The first-order valence-electron chi connectivity index (χ1n) is 9.28. The number of aromatic nitrogens is 2. The second kappa shape index (κ2) is 9.89. The molecule has 3 aromatic rings. The molecule has 0 aliphatic carbocycles. The minimum Gasteiger partial charge on any atom is -0.349 e. The number of benzene rings is 2. The number of nitrogens with zero attached hydrogens (tertiary/aromatic N) is 2. The van der Waals surface area contributed by atoms with Crippen LogP contribution in [-0.4, -0.2) is 34.8 Å². The summed E-state index contributed by atoms with van der Waals surface area (Å²) in [6, 6.07) is 16.3. The zero-order valence-corrected chi connectivity index (χ0v) is 16.0. The monoisotopic (exact) mass is 389 g/mol. The zero-order valence-electron chi connectivity index (χ0n) is 16.0. The fourth-order valence-electron chi connectivity index (χ4n) is 2.70. The van der Waals surface area contributed by atoms with Crippen LogP contribution in [0.25, 0.3) is 5.69 Å². The summed E-state index contributed by atoms with van der Waals surface area (Å²) >= 11 is 0. The van der Waals surface area contributed by atoms with Crippen LogP contribution in [0.1, 0.15) is 15.9 Å². The van der Waals surface area contributed by atoms with Crippen molar-refractivity contribution >= 4 is 17.6 Å². The molecule has 29 heavy (non-hydrogen) atoms. The van der Waals surface area contributed by atoms with Crippen molar-refractivity contribution in [3.63, 3.8) is 0 Å². The molecule has 0 aliphatic rings. The molecular weight excluding hydrogens is 366 g/mol. The fraction of sp³-hybridized carbons (Fsp3) is 0.136. The lowest BCUT2D eigenvalue weighted by molar-refractivity contribution is 0.0958. The summed E-state index contributed by atoms with van der Waals surface area (Å²) in [7, 11) is 0. The quantitative estimate of drug-likeness (QED) is 0.517. The highest BCUT2D eigenvalue weighted by Gasteiger charge is 2.06. The molecule has 0 fully saturated rings. The first kappa shape index (κ1) is 19.9. The molecule has 0 atom stereocenters. The average Bonchev–Trinajstić information content (AvgIpc) is 3.28. The summed E-state index contributed by atoms with van der Waals surface area (Å²) in [6.07, 6.45) is 5.96. The molecular formula is C22H23N5O2. The summed E-state index contributed by atoms with van der Waals surface area (Å²) in [5.74, 6) is -0.181. The third-order valence-corrected chi connectivity index (χ3v) is 4.22. The van der Waals surface area contributed by atoms with Gasteiger partial charge in [0.2, 0.25) is 0 Å². The number of hydrogen-bond donors (Lipinski definition) is 3. The van der Waals surface area contributed by atoms with E-state index in [9.17, 15) is 9.59 Å². The molecule has 0 radical (unpaired) electrons. The summed E-state index contributed by atoms with van der Waals surface area (Å²) in [6.45, 7) is 4.48. The summed E-state index contributed by atoms with van der Waals surface area (Å²) in [4.78, 5) is 23.9. The third kappa shape index (κ3) is 5.80. The van der Waals surface area contributed by atoms with Crippen molar-refractivity contribution in [2.24, 2.45) is 0 Å². The van der Waals surface area contributed by atoms with Gasteiger partial charge in [-0.05, 0) is 54.4 Å². The molecule has 3 amide bonds. The van der Waals surface area contributed by atoms with E-state index in [0.29, 0.717) is 24.3 Å². The van der Waals surface area contributed by atoms with Gasteiger partial charge in [-0.3, -0.25) is 4.79 Å². The van der Waals surface area contributed by atoms with Crippen molar-refractivity contribution in [3.8, 4) is 5.69 Å². The van der Waals surface area contributed by atoms with Crippen LogP contribution in [0.15, 0.2) is 79.6 Å². The lowest BCUT2D eigenvalue weighted by atomic mass is 10.1. The number of hydrogen-bond acceptors (Lipinski definition) is 3. The Morgan fingerprint density at radius 2 is 1.79 bits per heavy atom. The molecule has 0 saturated heterocycles. The molecule has 0 bridgehead atoms. The molecule has 2 aromatic carbocycles. The van der Waals surface area contributed by atoms with Gasteiger partial charge < -0.3 is 16.0 Å². The molecule has 148 valence electrons. The highest BCUT2D eigenvalue weighted by Crippen LogP contribution is 2.10. The second-order valence-electron chi connectivity index (χ2n) is 6.32. The Morgan fingerprint density at radius 3 is 2.45 bits per heavy atom. The Balaban J connectivity index is 1.43. The fourth-order valence-corrected chi connectivity index (χ4v) is 2.70. The van der Waals surface area contributed by atoms with Gasteiger partial charge in [0.25, 0.3) is 5.91 Å². The van der Waals surface area contributed by atoms with E-state index in [1.54, 1.807) is 41.2 Å². The smallest absolute Gasteiger partial charge is 0.319 e. The van der Waals surface area contributed by atoms with Crippen molar-refractivity contribution in [2.45, 2.75) is 6.42 Å². The van der Waals surface area contributed by atoms with Crippen LogP contribution in [0.3, 0.4) is 0 Å². The molecule has 0 aliphatic heterocycles. The zero-order chi connectivity index (χ0) is 20.5. The standard InChI is InChI=1S/C22H23N5O2/c1-2-13-23-21(28)18-6-8-19(9-7-18)26-22(29)24-15-12-17-4-10-20(11-5-17)27-16-3-14-25-27/h2-11,14,16H,1,12-13,15H2,(H,23,28)(H2,24,26,29). The van der Waals surface area contributed by atoms with Crippen molar-refractivity contribution in [1.82, 2.24) is 20.4 Å². The number of nitrogens with one attached hydrogen (secondary N) is 3. The van der Waals surface area contributed by atoms with Crippen LogP contribution in [0.5, 0.6) is 0 Å². The van der Waals surface area contributed by atoms with Crippen molar-refractivity contribution in [1.29, 1.82) is 0 Å². The number of carbonyl (C=O) groups is 2. The van der Waals surface area contributed by atoms with Crippen LogP contribution >= 0.6 is 0 Å². The topological polar surface area (TPSA) is 88.0 Å². The first-order chi connectivity index (χ1) is 14.2. The van der Waals surface area contributed by atoms with Crippen molar-refractivity contribution in [2.75, 3.05) is 18.4 Å². The molecule has 0 spiro atoms. The van der Waals surface area contributed by atoms with Gasteiger partial charge in [0, 0.05) is 36.7 Å². The lowest BCUT2D eigenvalue weighted by Gasteiger charge is -2.09. The molecule has 3 rings (SSSR count). The van der Waals surface area contributed by atoms with E-state index < -0.39 is 0 Å². The average molecular weight is 389 g/mol. The maximum atomic E-state index is 12.0. The van der Waals surface area contributed by atoms with E-state index in [1.807, 2.05) is 36.5 Å². The summed E-state index contributed by atoms with van der Waals surface area (Å²) in [5.41, 5.74) is 3.25. The molecule has 7 nitrogen and oxygen atoms in total. The van der Waals surface area contributed by atoms with Crippen LogP contribution < -0.4 is 16.0 Å². The Kier molecular flexibility index (Phi) is 6.78. The highest BCUT2D eigenvalue weighted by molar-refractivity contribution is 5.95. The van der Waals surface area contributed by atoms with Crippen LogP contribution in [0, 0.1) is 0 Å². The second-order valence-corrected chi connectivity index (χ2v) is 6.32. The van der Waals surface area contributed by atoms with E-state index in [2.05, 4.69) is 27.6 Å². The van der Waals surface area contributed by atoms with Gasteiger partial charge in [0.05, 0.1) is 5.69 Å². The van der Waals surface area contributed by atoms with E-state index in [1.165, 1.54) is 0 Å². The van der Waals surface area contributed by atoms with Crippen LogP contribution in [0.4, 0.5) is 10.5 Å². The summed E-state index contributed by atoms with van der Waals surface area (Å²) < 4.78 is 1.80. The molecule has 1 heterocycles. The van der Waals surface area contributed by atoms with E-state index in [0.717, 1.165) is 17.7 Å². The molecule has 1 aromatic heterocycles. The Morgan fingerprint density at radius 1 is 1.03 bits per heavy atom. The number of carbonyl (C=O) groups excluding carboxylic acids is 2. The van der Waals surface area contributed by atoms with E-state index in [-0.39, 0.29) is 11.9 Å². The van der Waals surface area contributed by atoms with E-state index in [4.69, 9.17) is 0 Å². The number of rotatable bonds is 8. The Bertz CT molecular complexity index is 948. The molecule has 0 saturated carbocycles. The normalized spacial score (nSPS) is 10.2. The number of urea groups is 1. The number of anilines is 1. The summed E-state index contributed by atoms with van der Waals surface area (Å²) in [5, 5.41) is 12.5. The highest BCUT2D eigenvalue weighted by atomic mass is 16.2. The maximum Gasteiger partial charge on any atom is 0.319 e. The first-order valence-corrected chi connectivity index (χ1v) is 9.28. The van der Waals surface area contributed by atoms with Crippen LogP contribution in [-0.2, 0) is 6.42 Å². The van der Waals surface area contributed by atoms with Gasteiger partial charge in [-0.2, -0.15) is 5.10 Å². The van der Waals surface area contributed by atoms with Gasteiger partial charge in [-0.25, -0.2) is 9.48 Å². The minimum absolute atomic E-state index is 0.181. The minimum atomic E-state index is -0.290. The van der Waals surface area contributed by atoms with Gasteiger partial charge in [-0.15, -0.1) is 6.58 Å². The maximum absolute atomic E-state index is 12.0.